The van der Waals surface area contributed by atoms with Crippen molar-refractivity contribution >= 4 is 44.2 Å². The Morgan fingerprint density at radius 2 is 1.62 bits per heavy atom. The van der Waals surface area contributed by atoms with Crippen molar-refractivity contribution in [2.75, 3.05) is 23.7 Å². The maximum absolute atomic E-state index is 13.0. The van der Waals surface area contributed by atoms with Gasteiger partial charge in [-0.1, -0.05) is 36.4 Å². The van der Waals surface area contributed by atoms with Gasteiger partial charge < -0.3 is 4.90 Å². The molecule has 0 fully saturated rings. The molecule has 8 heteroatoms. The van der Waals surface area contributed by atoms with Crippen molar-refractivity contribution in [2.45, 2.75) is 4.90 Å². The average molecular weight is 411 g/mol. The van der Waals surface area contributed by atoms with E-state index in [2.05, 4.69) is 4.72 Å². The Morgan fingerprint density at radius 3 is 2.28 bits per heavy atom. The molecule has 0 heterocycles. The number of hydrogen-bond donors (Lipinski definition) is 3. The number of hydrogen-bond acceptors (Lipinski definition) is 5. The molecule has 3 rings (SSSR count). The van der Waals surface area contributed by atoms with Gasteiger partial charge >= 0.3 is 0 Å². The summed E-state index contributed by atoms with van der Waals surface area (Å²) in [5.41, 5.74) is 3.51. The molecule has 7 nitrogen and oxygen atoms in total. The second-order valence-corrected chi connectivity index (χ2v) is 8.21. The van der Waals surface area contributed by atoms with Crippen LogP contribution in [0.4, 0.5) is 11.4 Å². The van der Waals surface area contributed by atoms with E-state index in [1.807, 2.05) is 37.2 Å². The van der Waals surface area contributed by atoms with Crippen molar-refractivity contribution in [3.8, 4) is 0 Å². The van der Waals surface area contributed by atoms with E-state index in [9.17, 15) is 13.2 Å². The predicted octanol–water partition coefficient (Wildman–Crippen LogP) is 3.23. The Balaban J connectivity index is 1.91. The molecule has 0 aliphatic rings. The number of carbonyl (C=O) groups excluding carboxylic acids is 1. The largest absolute Gasteiger partial charge is 0.377 e. The van der Waals surface area contributed by atoms with E-state index >= 15 is 0 Å². The summed E-state index contributed by atoms with van der Waals surface area (Å²) in [6.45, 7) is 0. The molecular weight excluding hydrogens is 390 g/mol. The minimum Gasteiger partial charge on any atom is -0.377 e. The molecule has 0 spiro atoms. The number of nitrogens with zero attached hydrogens (tertiary/aromatic N) is 1. The topological polar surface area (TPSA) is 98.7 Å². The maximum atomic E-state index is 13.0. The number of anilines is 2. The second kappa shape index (κ2) is 8.34. The van der Waals surface area contributed by atoms with Gasteiger partial charge in [-0.15, -0.1) is 0 Å². The molecule has 3 aromatic rings. The first-order valence-electron chi connectivity index (χ1n) is 8.76. The van der Waals surface area contributed by atoms with Crippen LogP contribution in [0, 0.1) is 0 Å². The smallest absolute Gasteiger partial charge is 0.267 e. The lowest BCUT2D eigenvalue weighted by Crippen LogP contribution is -2.15. The Morgan fingerprint density at radius 1 is 0.966 bits per heavy atom. The van der Waals surface area contributed by atoms with Crippen molar-refractivity contribution in [3.05, 3.63) is 72.3 Å². The number of benzene rings is 3. The number of amides is 1. The first kappa shape index (κ1) is 20.4. The van der Waals surface area contributed by atoms with Crippen LogP contribution in [0.1, 0.15) is 5.56 Å². The summed E-state index contributed by atoms with van der Waals surface area (Å²) >= 11 is 0. The Labute approximate surface area is 169 Å². The summed E-state index contributed by atoms with van der Waals surface area (Å²) in [4.78, 5) is 13.2. The van der Waals surface area contributed by atoms with Crippen LogP contribution >= 0.6 is 0 Å². The summed E-state index contributed by atoms with van der Waals surface area (Å²) < 4.78 is 28.6. The van der Waals surface area contributed by atoms with Crippen LogP contribution in [0.2, 0.25) is 0 Å². The van der Waals surface area contributed by atoms with Gasteiger partial charge in [-0.3, -0.25) is 14.7 Å². The zero-order valence-electron chi connectivity index (χ0n) is 16.0. The van der Waals surface area contributed by atoms with E-state index in [1.165, 1.54) is 11.6 Å². The minimum atomic E-state index is -3.81. The molecule has 0 aliphatic carbocycles. The van der Waals surface area contributed by atoms with Gasteiger partial charge in [0, 0.05) is 42.3 Å². The predicted molar refractivity (Wildman–Crippen MR) is 114 cm³/mol. The number of carbonyl (C=O) groups is 1. The SMILES string of the molecule is CN(C)c1cccc2c(S(=O)(=O)Nc3ccc(C=CC(=O)NO)cc3)cccc12. The molecule has 0 saturated carbocycles. The number of fused-ring (bicyclic) bond motifs is 1. The van der Waals surface area contributed by atoms with Gasteiger partial charge in [-0.05, 0) is 35.9 Å². The molecule has 0 atom stereocenters. The van der Waals surface area contributed by atoms with Crippen LogP contribution in [0.3, 0.4) is 0 Å². The highest BCUT2D eigenvalue weighted by Crippen LogP contribution is 2.31. The Hall–Kier alpha value is -3.36. The summed E-state index contributed by atoms with van der Waals surface area (Å²) in [7, 11) is 0.0136. The lowest BCUT2D eigenvalue weighted by Gasteiger charge is -2.17. The van der Waals surface area contributed by atoms with Gasteiger partial charge in [0.1, 0.15) is 0 Å². The normalized spacial score (nSPS) is 11.6. The highest BCUT2D eigenvalue weighted by molar-refractivity contribution is 7.93. The lowest BCUT2D eigenvalue weighted by molar-refractivity contribution is -0.124. The van der Waals surface area contributed by atoms with E-state index in [0.717, 1.165) is 17.1 Å². The molecule has 0 bridgehead atoms. The molecule has 1 amide bonds. The molecule has 3 aromatic carbocycles. The zero-order valence-corrected chi connectivity index (χ0v) is 16.8. The van der Waals surface area contributed by atoms with E-state index in [4.69, 9.17) is 5.21 Å². The van der Waals surface area contributed by atoms with E-state index in [-0.39, 0.29) is 4.90 Å². The fourth-order valence-corrected chi connectivity index (χ4v) is 4.25. The Kier molecular flexibility index (Phi) is 5.86. The van der Waals surface area contributed by atoms with Crippen LogP contribution < -0.4 is 15.1 Å². The standard InChI is InChI=1S/C21H21N3O4S/c1-24(2)19-7-3-6-18-17(19)5-4-8-20(18)29(27,28)23-16-12-9-15(10-13-16)11-14-21(25)22-26/h3-14,23,26H,1-2H3,(H,22,25). The van der Waals surface area contributed by atoms with Crippen molar-refractivity contribution in [1.82, 2.24) is 5.48 Å². The van der Waals surface area contributed by atoms with E-state index in [1.54, 1.807) is 42.5 Å². The fraction of sp³-hybridized carbons (Fsp3) is 0.0952. The molecule has 0 radical (unpaired) electrons. The van der Waals surface area contributed by atoms with Crippen molar-refractivity contribution < 1.29 is 18.4 Å². The molecule has 3 N–H and O–H groups in total. The van der Waals surface area contributed by atoms with Crippen LogP contribution in [0.25, 0.3) is 16.8 Å². The third-order valence-electron chi connectivity index (χ3n) is 4.33. The van der Waals surface area contributed by atoms with Gasteiger partial charge in [-0.2, -0.15) is 0 Å². The van der Waals surface area contributed by atoms with Gasteiger partial charge in [0.25, 0.3) is 15.9 Å². The highest BCUT2D eigenvalue weighted by Gasteiger charge is 2.18. The minimum absolute atomic E-state index is 0.197. The molecular formula is C21H21N3O4S. The van der Waals surface area contributed by atoms with Crippen LogP contribution in [0.5, 0.6) is 0 Å². The third-order valence-corrected chi connectivity index (χ3v) is 5.77. The molecule has 29 heavy (non-hydrogen) atoms. The lowest BCUT2D eigenvalue weighted by atomic mass is 10.1. The molecule has 0 saturated heterocycles. The van der Waals surface area contributed by atoms with Crippen LogP contribution in [-0.2, 0) is 14.8 Å². The zero-order chi connectivity index (χ0) is 21.0. The van der Waals surface area contributed by atoms with Gasteiger partial charge in [0.2, 0.25) is 0 Å². The summed E-state index contributed by atoms with van der Waals surface area (Å²) in [5.74, 6) is -0.650. The van der Waals surface area contributed by atoms with Crippen molar-refractivity contribution in [3.63, 3.8) is 0 Å². The average Bonchev–Trinajstić information content (AvgIpc) is 2.71. The van der Waals surface area contributed by atoms with Crippen LogP contribution in [0.15, 0.2) is 71.6 Å². The van der Waals surface area contributed by atoms with Gasteiger partial charge in [0.15, 0.2) is 0 Å². The van der Waals surface area contributed by atoms with E-state index < -0.39 is 15.9 Å². The first-order valence-corrected chi connectivity index (χ1v) is 10.2. The fourth-order valence-electron chi connectivity index (χ4n) is 2.97. The third kappa shape index (κ3) is 4.56. The number of rotatable bonds is 6. The number of hydroxylamine groups is 1. The van der Waals surface area contributed by atoms with Gasteiger partial charge in [-0.25, -0.2) is 13.9 Å². The second-order valence-electron chi connectivity index (χ2n) is 6.56. The van der Waals surface area contributed by atoms with E-state index in [0.29, 0.717) is 16.6 Å². The Bertz CT molecular complexity index is 1170. The number of nitrogens with one attached hydrogen (secondary N) is 2. The maximum Gasteiger partial charge on any atom is 0.267 e. The number of sulfonamides is 1. The van der Waals surface area contributed by atoms with Gasteiger partial charge in [0.05, 0.1) is 4.90 Å². The molecule has 0 aromatic heterocycles. The summed E-state index contributed by atoms with van der Waals surface area (Å²) in [6.07, 6.45) is 2.66. The first-order chi connectivity index (χ1) is 13.8. The summed E-state index contributed by atoms with van der Waals surface area (Å²) in [6, 6.07) is 17.3. The van der Waals surface area contributed by atoms with Crippen LogP contribution in [-0.4, -0.2) is 33.6 Å². The molecule has 0 aliphatic heterocycles. The molecule has 150 valence electrons. The van der Waals surface area contributed by atoms with Crippen molar-refractivity contribution in [1.29, 1.82) is 0 Å². The molecule has 0 unspecified atom stereocenters. The van der Waals surface area contributed by atoms with Crippen molar-refractivity contribution in [2.24, 2.45) is 0 Å². The monoisotopic (exact) mass is 411 g/mol. The summed E-state index contributed by atoms with van der Waals surface area (Å²) in [5, 5.41) is 9.97. The quantitative estimate of drug-likeness (QED) is 0.329. The highest BCUT2D eigenvalue weighted by atomic mass is 32.2.